The Labute approximate surface area is 515 Å². The molecule has 4 heterocycles. The smallest absolute Gasteiger partial charge is 0.179 e. The van der Waals surface area contributed by atoms with Gasteiger partial charge in [-0.3, -0.25) is 0 Å². The van der Waals surface area contributed by atoms with Crippen molar-refractivity contribution < 1.29 is 0 Å². The highest BCUT2D eigenvalue weighted by Crippen LogP contribution is 2.43. The van der Waals surface area contributed by atoms with Gasteiger partial charge in [0, 0.05) is 65.8 Å². The number of hydrogen-bond donors (Lipinski definition) is 0. The first-order valence-corrected chi connectivity index (χ1v) is 32.7. The molecule has 0 radical (unpaired) electrons. The Morgan fingerprint density at radius 1 is 0.169 bits per heavy atom. The second-order valence-electron chi connectivity index (χ2n) is 23.6. The van der Waals surface area contributed by atoms with Crippen molar-refractivity contribution in [1.82, 2.24) is 18.3 Å². The number of fused-ring (bicyclic) bond motifs is 12. The molecule has 0 amide bonds. The van der Waals surface area contributed by atoms with Gasteiger partial charge in [0.25, 0.3) is 0 Å². The highest BCUT2D eigenvalue weighted by molar-refractivity contribution is 7.20. The monoisotopic (exact) mass is 1150 g/mol. The minimum absolute atomic E-state index is 1.07. The molecule has 0 spiro atoms. The van der Waals surface area contributed by atoms with Gasteiger partial charge in [0.15, 0.2) is 8.07 Å². The van der Waals surface area contributed by atoms with E-state index in [1.54, 1.807) is 0 Å². The molecular formula is C84H56N4Si. The molecule has 18 aromatic rings. The summed E-state index contributed by atoms with van der Waals surface area (Å²) in [6.07, 6.45) is 0. The maximum absolute atomic E-state index is 2.87. The predicted octanol–water partition coefficient (Wildman–Crippen LogP) is 18.8. The zero-order chi connectivity index (χ0) is 58.6. The molecule has 416 valence electrons. The van der Waals surface area contributed by atoms with Crippen molar-refractivity contribution in [2.24, 2.45) is 0 Å². The summed E-state index contributed by atoms with van der Waals surface area (Å²) in [5.74, 6) is 0. The van der Waals surface area contributed by atoms with Crippen LogP contribution in [0.25, 0.3) is 132 Å². The molecule has 0 fully saturated rings. The van der Waals surface area contributed by atoms with E-state index in [2.05, 4.69) is 358 Å². The van der Waals surface area contributed by atoms with Gasteiger partial charge in [0.05, 0.1) is 44.1 Å². The number of aromatic nitrogens is 4. The SMILES string of the molecule is c1ccc([Si](c2ccccc2)(c2ccccc2)c2cccc(-c3ccccc3-c3cc(-n4c5ccccc5c5cc(-n6c7ccccc7c7ccccc76)ccc54)cc(-n4c5ccccc5c5ccc(-n6c7ccccc7c7ccccc76)cc54)c3)c2)cc1. The molecular weight excluding hydrogens is 1090 g/mol. The third-order valence-electron chi connectivity index (χ3n) is 18.9. The Balaban J connectivity index is 0.899. The summed E-state index contributed by atoms with van der Waals surface area (Å²) in [4.78, 5) is 0. The van der Waals surface area contributed by atoms with E-state index in [9.17, 15) is 0 Å². The molecule has 0 saturated heterocycles. The largest absolute Gasteiger partial charge is 0.309 e. The number of hydrogen-bond acceptors (Lipinski definition) is 0. The summed E-state index contributed by atoms with van der Waals surface area (Å²) >= 11 is 0. The van der Waals surface area contributed by atoms with Gasteiger partial charge in [-0.05, 0) is 128 Å². The van der Waals surface area contributed by atoms with Gasteiger partial charge in [-0.15, -0.1) is 0 Å². The van der Waals surface area contributed by atoms with Crippen molar-refractivity contribution in [2.45, 2.75) is 0 Å². The second kappa shape index (κ2) is 20.3. The summed E-state index contributed by atoms with van der Waals surface area (Å²) in [6, 6.07) is 127. The molecule has 14 aromatic carbocycles. The fraction of sp³-hybridized carbons (Fsp3) is 0. The van der Waals surface area contributed by atoms with E-state index in [4.69, 9.17) is 0 Å². The average Bonchev–Trinajstić information content (AvgIpc) is 1.91. The van der Waals surface area contributed by atoms with Gasteiger partial charge < -0.3 is 18.3 Å². The summed E-state index contributed by atoms with van der Waals surface area (Å²) in [6.45, 7) is 0. The predicted molar refractivity (Wildman–Crippen MR) is 378 cm³/mol. The van der Waals surface area contributed by atoms with Crippen LogP contribution >= 0.6 is 0 Å². The molecule has 0 aliphatic carbocycles. The molecule has 0 atom stereocenters. The van der Waals surface area contributed by atoms with E-state index in [0.717, 1.165) is 55.9 Å². The average molecular weight is 1150 g/mol. The molecule has 0 bridgehead atoms. The standard InChI is InChI=1S/C84H56N4Si/c1-4-26-63(27-5-1)89(64-28-6-2-7-29-64,65-30-8-3-9-31-65)66-32-24-25-57(53-66)67-33-10-11-34-68(67)58-51-61(87-82-46-23-17-40-74(82)76-55-59(48-50-83(76)87)85-77-41-18-12-35-69(77)70-36-13-19-42-78(70)85)54-62(52-58)88-81-45-22-16-39-73(81)75-49-47-60(56-84(75)88)86-79-43-20-14-37-71(79)72-38-15-21-44-80(72)86/h1-56H. The summed E-state index contributed by atoms with van der Waals surface area (Å²) in [5, 5.41) is 15.2. The molecule has 4 aromatic heterocycles. The lowest BCUT2D eigenvalue weighted by Gasteiger charge is -2.34. The van der Waals surface area contributed by atoms with Crippen LogP contribution in [0.1, 0.15) is 0 Å². The van der Waals surface area contributed by atoms with E-state index >= 15 is 0 Å². The molecule has 0 aliphatic rings. The number of rotatable bonds is 10. The second-order valence-corrected chi connectivity index (χ2v) is 27.4. The quantitative estimate of drug-likeness (QED) is 0.0961. The van der Waals surface area contributed by atoms with E-state index in [-0.39, 0.29) is 0 Å². The molecule has 89 heavy (non-hydrogen) atoms. The van der Waals surface area contributed by atoms with Gasteiger partial charge in [-0.2, -0.15) is 0 Å². The molecule has 0 aliphatic heterocycles. The molecule has 0 saturated carbocycles. The van der Waals surface area contributed by atoms with E-state index < -0.39 is 8.07 Å². The molecule has 4 nitrogen and oxygen atoms in total. The van der Waals surface area contributed by atoms with Crippen molar-refractivity contribution in [1.29, 1.82) is 0 Å². The van der Waals surface area contributed by atoms with E-state index in [0.29, 0.717) is 0 Å². The molecule has 5 heteroatoms. The van der Waals surface area contributed by atoms with Gasteiger partial charge >= 0.3 is 0 Å². The molecule has 0 N–H and O–H groups in total. The van der Waals surface area contributed by atoms with Crippen LogP contribution in [0, 0.1) is 0 Å². The Bertz CT molecular complexity index is 5600. The van der Waals surface area contributed by atoms with Gasteiger partial charge in [0.2, 0.25) is 0 Å². The first kappa shape index (κ1) is 50.8. The summed E-state index contributed by atoms with van der Waals surface area (Å²) in [7, 11) is -2.87. The topological polar surface area (TPSA) is 19.7 Å². The van der Waals surface area contributed by atoms with Crippen molar-refractivity contribution in [2.75, 3.05) is 0 Å². The third kappa shape index (κ3) is 7.79. The van der Waals surface area contributed by atoms with Crippen LogP contribution in [0.4, 0.5) is 0 Å². The zero-order valence-electron chi connectivity index (χ0n) is 48.6. The number of para-hydroxylation sites is 6. The van der Waals surface area contributed by atoms with Crippen molar-refractivity contribution in [3.05, 3.63) is 340 Å². The van der Waals surface area contributed by atoms with Crippen LogP contribution in [0.5, 0.6) is 0 Å². The Hall–Kier alpha value is -11.5. The maximum atomic E-state index is 2.52. The fourth-order valence-electron chi connectivity index (χ4n) is 15.1. The zero-order valence-corrected chi connectivity index (χ0v) is 49.6. The van der Waals surface area contributed by atoms with Gasteiger partial charge in [-0.1, -0.05) is 255 Å². The third-order valence-corrected chi connectivity index (χ3v) is 23.6. The number of nitrogens with zero attached hydrogens (tertiary/aromatic N) is 4. The highest BCUT2D eigenvalue weighted by Gasteiger charge is 2.41. The lowest BCUT2D eigenvalue weighted by Crippen LogP contribution is -2.74. The minimum atomic E-state index is -2.87. The Morgan fingerprint density at radius 3 is 0.955 bits per heavy atom. The summed E-state index contributed by atoms with van der Waals surface area (Å²) in [5.41, 5.74) is 18.3. The maximum Gasteiger partial charge on any atom is 0.179 e. The first-order chi connectivity index (χ1) is 44.2. The van der Waals surface area contributed by atoms with Crippen LogP contribution in [0.2, 0.25) is 0 Å². The highest BCUT2D eigenvalue weighted by atomic mass is 28.3. The van der Waals surface area contributed by atoms with Crippen molar-refractivity contribution >= 4 is 116 Å². The van der Waals surface area contributed by atoms with E-state index in [1.807, 2.05) is 0 Å². The Morgan fingerprint density at radius 2 is 0.494 bits per heavy atom. The minimum Gasteiger partial charge on any atom is -0.309 e. The van der Waals surface area contributed by atoms with E-state index in [1.165, 1.54) is 97.0 Å². The van der Waals surface area contributed by atoms with Gasteiger partial charge in [0.1, 0.15) is 0 Å². The van der Waals surface area contributed by atoms with Crippen molar-refractivity contribution in [3.63, 3.8) is 0 Å². The summed E-state index contributed by atoms with van der Waals surface area (Å²) < 4.78 is 9.90. The van der Waals surface area contributed by atoms with Crippen LogP contribution in [-0.2, 0) is 0 Å². The van der Waals surface area contributed by atoms with Crippen LogP contribution < -0.4 is 20.7 Å². The molecule has 0 unspecified atom stereocenters. The van der Waals surface area contributed by atoms with Crippen LogP contribution in [-0.4, -0.2) is 26.3 Å². The Kier molecular flexibility index (Phi) is 11.6. The lowest BCUT2D eigenvalue weighted by molar-refractivity contribution is 1.13. The number of benzene rings is 14. The van der Waals surface area contributed by atoms with Crippen LogP contribution in [0.15, 0.2) is 340 Å². The lowest BCUT2D eigenvalue weighted by atomic mass is 9.94. The normalized spacial score (nSPS) is 12.0. The van der Waals surface area contributed by atoms with Crippen molar-refractivity contribution in [3.8, 4) is 45.0 Å². The van der Waals surface area contributed by atoms with Gasteiger partial charge in [-0.25, -0.2) is 0 Å². The van der Waals surface area contributed by atoms with Crippen LogP contribution in [0.3, 0.4) is 0 Å². The fourth-order valence-corrected chi connectivity index (χ4v) is 19.9. The molecule has 18 rings (SSSR count). The first-order valence-electron chi connectivity index (χ1n) is 30.7.